The van der Waals surface area contributed by atoms with Crippen LogP contribution in [0.1, 0.15) is 47.5 Å². The minimum atomic E-state index is -2.65. The van der Waals surface area contributed by atoms with E-state index in [4.69, 9.17) is 14.0 Å². The van der Waals surface area contributed by atoms with Gasteiger partial charge in [-0.25, -0.2) is 0 Å². The molecule has 0 heterocycles. The van der Waals surface area contributed by atoms with Crippen molar-refractivity contribution >= 4 is 7.37 Å². The maximum absolute atomic E-state index is 12.5. The van der Waals surface area contributed by atoms with Gasteiger partial charge in [-0.15, -0.1) is 0 Å². The second kappa shape index (κ2) is 8.25. The van der Waals surface area contributed by atoms with Gasteiger partial charge in [0.05, 0.1) is 0 Å². The van der Waals surface area contributed by atoms with Crippen molar-refractivity contribution in [1.82, 2.24) is 0 Å². The third kappa shape index (κ3) is 6.56. The molecule has 1 unspecified atom stereocenters. The van der Waals surface area contributed by atoms with Crippen molar-refractivity contribution in [1.29, 1.82) is 0 Å². The quantitative estimate of drug-likeness (QED) is 0.445. The topological polar surface area (TPSA) is 44.8 Å². The Hall–Kier alpha value is 0.110. The number of unbranched alkanes of at least 4 members (excludes halogenated alkanes) is 1. The average molecular weight is 266 g/mol. The lowest BCUT2D eigenvalue weighted by Crippen LogP contribution is -2.35. The summed E-state index contributed by atoms with van der Waals surface area (Å²) in [5, 5.41) is 0. The first-order chi connectivity index (χ1) is 7.95. The highest BCUT2D eigenvalue weighted by Crippen LogP contribution is 2.51. The van der Waals surface area contributed by atoms with E-state index >= 15 is 0 Å². The van der Waals surface area contributed by atoms with E-state index < -0.39 is 13.3 Å². The second-order valence-electron chi connectivity index (χ2n) is 4.03. The Morgan fingerprint density at radius 3 is 1.94 bits per heavy atom. The zero-order chi connectivity index (χ0) is 13.4. The smallest absolute Gasteiger partial charge is 0.285 e. The van der Waals surface area contributed by atoms with Gasteiger partial charge < -0.3 is 9.47 Å². The monoisotopic (exact) mass is 266 g/mol. The number of rotatable bonds is 10. The van der Waals surface area contributed by atoms with E-state index in [9.17, 15) is 4.57 Å². The standard InChI is InChI=1S/C12H27O4P/c1-6-10-11-17(13,9-4)16-12(5,14-7-2)15-8-3/h6-11H2,1-5H3. The molecule has 5 heteroatoms. The van der Waals surface area contributed by atoms with Gasteiger partial charge in [-0.3, -0.25) is 9.09 Å². The summed E-state index contributed by atoms with van der Waals surface area (Å²) in [6.45, 7) is 10.3. The molecule has 0 aromatic rings. The Morgan fingerprint density at radius 2 is 1.59 bits per heavy atom. The van der Waals surface area contributed by atoms with Crippen LogP contribution in [0.4, 0.5) is 0 Å². The normalized spacial score (nSPS) is 15.8. The number of ether oxygens (including phenoxy) is 2. The molecule has 1 atom stereocenters. The molecule has 0 saturated carbocycles. The fraction of sp³-hybridized carbons (Fsp3) is 1.00. The lowest BCUT2D eigenvalue weighted by molar-refractivity contribution is -0.328. The van der Waals surface area contributed by atoms with E-state index in [1.165, 1.54) is 0 Å². The summed E-state index contributed by atoms with van der Waals surface area (Å²) in [7, 11) is -2.65. The highest BCUT2D eigenvalue weighted by molar-refractivity contribution is 7.58. The van der Waals surface area contributed by atoms with E-state index in [0.717, 1.165) is 12.8 Å². The maximum atomic E-state index is 12.5. The molecule has 0 aliphatic heterocycles. The fourth-order valence-corrected chi connectivity index (χ4v) is 3.63. The van der Waals surface area contributed by atoms with E-state index in [1.807, 2.05) is 20.8 Å². The van der Waals surface area contributed by atoms with Crippen LogP contribution in [-0.2, 0) is 18.6 Å². The predicted octanol–water partition coefficient (Wildman–Crippen LogP) is 3.85. The first kappa shape index (κ1) is 17.1. The minimum absolute atomic E-state index is 0.466. The Bertz CT molecular complexity index is 237. The van der Waals surface area contributed by atoms with Gasteiger partial charge in [0.1, 0.15) is 0 Å². The van der Waals surface area contributed by atoms with Crippen LogP contribution in [0.3, 0.4) is 0 Å². The van der Waals surface area contributed by atoms with Gasteiger partial charge in [0.25, 0.3) is 5.97 Å². The SMILES string of the molecule is CCCCP(=O)(CC)OC(C)(OCC)OCC. The van der Waals surface area contributed by atoms with Gasteiger partial charge in [0.2, 0.25) is 7.37 Å². The molecule has 4 nitrogen and oxygen atoms in total. The minimum Gasteiger partial charge on any atom is -0.328 e. The molecule has 0 aromatic heterocycles. The molecule has 0 fully saturated rings. The second-order valence-corrected chi connectivity index (χ2v) is 6.92. The van der Waals surface area contributed by atoms with Gasteiger partial charge in [-0.1, -0.05) is 20.3 Å². The Morgan fingerprint density at radius 1 is 1.06 bits per heavy atom. The third-order valence-corrected chi connectivity index (χ3v) is 5.10. The summed E-state index contributed by atoms with van der Waals surface area (Å²) in [6.07, 6.45) is 3.02. The zero-order valence-corrected chi connectivity index (χ0v) is 12.7. The third-order valence-electron chi connectivity index (χ3n) is 2.48. The fourth-order valence-electron chi connectivity index (χ4n) is 1.59. The van der Waals surface area contributed by atoms with Crippen molar-refractivity contribution in [2.24, 2.45) is 0 Å². The maximum Gasteiger partial charge on any atom is 0.285 e. The van der Waals surface area contributed by atoms with Crippen LogP contribution in [0, 0.1) is 0 Å². The first-order valence-electron chi connectivity index (χ1n) is 6.52. The molecule has 0 radical (unpaired) electrons. The molecule has 0 rings (SSSR count). The van der Waals surface area contributed by atoms with E-state index in [0.29, 0.717) is 25.5 Å². The van der Waals surface area contributed by atoms with Crippen LogP contribution in [-0.4, -0.2) is 31.5 Å². The van der Waals surface area contributed by atoms with E-state index in [-0.39, 0.29) is 0 Å². The van der Waals surface area contributed by atoms with E-state index in [2.05, 4.69) is 6.92 Å². The Labute approximate surface area is 105 Å². The predicted molar refractivity (Wildman–Crippen MR) is 70.7 cm³/mol. The van der Waals surface area contributed by atoms with Gasteiger partial charge in [-0.2, -0.15) is 0 Å². The molecular weight excluding hydrogens is 239 g/mol. The first-order valence-corrected chi connectivity index (χ1v) is 8.51. The molecule has 0 aliphatic carbocycles. The largest absolute Gasteiger partial charge is 0.328 e. The van der Waals surface area contributed by atoms with Crippen molar-refractivity contribution in [2.75, 3.05) is 25.5 Å². The van der Waals surface area contributed by atoms with Gasteiger partial charge in [0.15, 0.2) is 0 Å². The van der Waals surface area contributed by atoms with Crippen LogP contribution in [0.5, 0.6) is 0 Å². The highest BCUT2D eigenvalue weighted by atomic mass is 31.2. The molecule has 0 spiro atoms. The molecule has 0 aliphatic rings. The average Bonchev–Trinajstić information content (AvgIpc) is 2.27. The van der Waals surface area contributed by atoms with Crippen molar-refractivity contribution in [3.05, 3.63) is 0 Å². The lowest BCUT2D eigenvalue weighted by atomic mass is 10.4. The van der Waals surface area contributed by atoms with Crippen molar-refractivity contribution in [3.8, 4) is 0 Å². The zero-order valence-electron chi connectivity index (χ0n) is 11.8. The molecule has 0 bridgehead atoms. The van der Waals surface area contributed by atoms with Crippen molar-refractivity contribution in [2.45, 2.75) is 53.4 Å². The van der Waals surface area contributed by atoms with Gasteiger partial charge >= 0.3 is 0 Å². The number of hydrogen-bond donors (Lipinski definition) is 0. The number of hydrogen-bond acceptors (Lipinski definition) is 4. The summed E-state index contributed by atoms with van der Waals surface area (Å²) in [5.74, 6) is -1.18. The van der Waals surface area contributed by atoms with Crippen LogP contribution in [0.15, 0.2) is 0 Å². The summed E-state index contributed by atoms with van der Waals surface area (Å²) in [6, 6.07) is 0. The summed E-state index contributed by atoms with van der Waals surface area (Å²) in [5.41, 5.74) is 0. The molecule has 0 saturated heterocycles. The highest BCUT2D eigenvalue weighted by Gasteiger charge is 2.35. The molecule has 0 aromatic carbocycles. The molecular formula is C12H27O4P. The lowest BCUT2D eigenvalue weighted by Gasteiger charge is -2.32. The summed E-state index contributed by atoms with van der Waals surface area (Å²) >= 11 is 0. The van der Waals surface area contributed by atoms with Gasteiger partial charge in [-0.05, 0) is 20.3 Å². The Balaban J connectivity index is 4.62. The van der Waals surface area contributed by atoms with Crippen LogP contribution >= 0.6 is 7.37 Å². The molecule has 0 amide bonds. The van der Waals surface area contributed by atoms with Gasteiger partial charge in [0, 0.05) is 32.5 Å². The Kier molecular flexibility index (Phi) is 8.31. The molecule has 104 valence electrons. The van der Waals surface area contributed by atoms with Crippen LogP contribution in [0.25, 0.3) is 0 Å². The molecule has 17 heavy (non-hydrogen) atoms. The summed E-state index contributed by atoms with van der Waals surface area (Å²) in [4.78, 5) is 0. The van der Waals surface area contributed by atoms with E-state index in [1.54, 1.807) is 6.92 Å². The summed E-state index contributed by atoms with van der Waals surface area (Å²) < 4.78 is 29.1. The van der Waals surface area contributed by atoms with Crippen LogP contribution < -0.4 is 0 Å². The van der Waals surface area contributed by atoms with Crippen molar-refractivity contribution < 1.29 is 18.6 Å². The van der Waals surface area contributed by atoms with Crippen molar-refractivity contribution in [3.63, 3.8) is 0 Å². The molecule has 0 N–H and O–H groups in total. The van der Waals surface area contributed by atoms with Crippen LogP contribution in [0.2, 0.25) is 0 Å².